The van der Waals surface area contributed by atoms with Crippen LogP contribution in [0.25, 0.3) is 6.08 Å². The predicted molar refractivity (Wildman–Crippen MR) is 90.3 cm³/mol. The molecule has 1 atom stereocenters. The minimum atomic E-state index is 0.778. The molecule has 0 aromatic heterocycles. The highest BCUT2D eigenvalue weighted by molar-refractivity contribution is 5.52. The van der Waals surface area contributed by atoms with Crippen molar-refractivity contribution in [2.45, 2.75) is 51.1 Å². The summed E-state index contributed by atoms with van der Waals surface area (Å²) in [6.07, 6.45) is 9.37. The molecule has 0 amide bonds. The van der Waals surface area contributed by atoms with Gasteiger partial charge in [0.05, 0.1) is 0 Å². The molecule has 1 saturated heterocycles. The van der Waals surface area contributed by atoms with Gasteiger partial charge in [0.15, 0.2) is 0 Å². The zero-order valence-corrected chi connectivity index (χ0v) is 13.2. The van der Waals surface area contributed by atoms with E-state index in [9.17, 15) is 0 Å². The van der Waals surface area contributed by atoms with Gasteiger partial charge in [0, 0.05) is 25.2 Å². The Bertz CT molecular complexity index is 462. The molecule has 1 aromatic rings. The van der Waals surface area contributed by atoms with E-state index in [4.69, 9.17) is 0 Å². The lowest BCUT2D eigenvalue weighted by molar-refractivity contribution is 0.113. The fourth-order valence-corrected chi connectivity index (χ4v) is 3.60. The first kappa shape index (κ1) is 14.8. The molecule has 1 aromatic carbocycles. The Morgan fingerprint density at radius 3 is 2.71 bits per heavy atom. The van der Waals surface area contributed by atoms with Gasteiger partial charge in [0.25, 0.3) is 0 Å². The molecule has 2 fully saturated rings. The molecule has 114 valence electrons. The first-order chi connectivity index (χ1) is 10.3. The van der Waals surface area contributed by atoms with Crippen LogP contribution in [0.1, 0.15) is 44.6 Å². The Morgan fingerprint density at radius 2 is 2.00 bits per heavy atom. The van der Waals surface area contributed by atoms with Gasteiger partial charge in [-0.1, -0.05) is 48.4 Å². The summed E-state index contributed by atoms with van der Waals surface area (Å²) in [6.45, 7) is 5.70. The lowest BCUT2D eigenvalue weighted by Gasteiger charge is -2.38. The first-order valence-corrected chi connectivity index (χ1v) is 8.51. The molecule has 0 bridgehead atoms. The number of likely N-dealkylation sites (tertiary alicyclic amines) is 1. The van der Waals surface area contributed by atoms with Crippen molar-refractivity contribution in [2.75, 3.05) is 19.6 Å². The van der Waals surface area contributed by atoms with Gasteiger partial charge in [-0.15, -0.1) is 0 Å². The van der Waals surface area contributed by atoms with E-state index in [0.29, 0.717) is 0 Å². The number of hydrogen-bond donors (Lipinski definition) is 1. The van der Waals surface area contributed by atoms with E-state index in [2.05, 4.69) is 53.5 Å². The van der Waals surface area contributed by atoms with Crippen LogP contribution < -0.4 is 5.32 Å². The maximum atomic E-state index is 3.67. The molecule has 1 heterocycles. The van der Waals surface area contributed by atoms with Crippen LogP contribution in [0, 0.1) is 0 Å². The van der Waals surface area contributed by atoms with Crippen LogP contribution in [0.3, 0.4) is 0 Å². The Kier molecular flexibility index (Phi) is 5.10. The molecular weight excluding hydrogens is 256 g/mol. The van der Waals surface area contributed by atoms with E-state index in [1.807, 2.05) is 0 Å². The molecule has 1 aliphatic heterocycles. The summed E-state index contributed by atoms with van der Waals surface area (Å²) in [5.41, 5.74) is 2.71. The average molecular weight is 284 g/mol. The third kappa shape index (κ3) is 3.96. The van der Waals surface area contributed by atoms with Gasteiger partial charge in [-0.3, -0.25) is 4.90 Å². The van der Waals surface area contributed by atoms with E-state index in [1.165, 1.54) is 49.8 Å². The Labute approximate surface area is 129 Å². The fraction of sp³-hybridized carbons (Fsp3) is 0.579. The molecule has 21 heavy (non-hydrogen) atoms. The van der Waals surface area contributed by atoms with Crippen LogP contribution in [0.2, 0.25) is 0 Å². The summed E-state index contributed by atoms with van der Waals surface area (Å²) in [6, 6.07) is 12.3. The van der Waals surface area contributed by atoms with Gasteiger partial charge in [-0.25, -0.2) is 0 Å². The number of benzene rings is 1. The minimum Gasteiger partial charge on any atom is -0.311 e. The molecule has 1 unspecified atom stereocenters. The van der Waals surface area contributed by atoms with Crippen molar-refractivity contribution in [3.8, 4) is 0 Å². The van der Waals surface area contributed by atoms with Crippen LogP contribution in [-0.2, 0) is 0 Å². The second kappa shape index (κ2) is 7.24. The lowest BCUT2D eigenvalue weighted by atomic mass is 9.91. The number of nitrogens with one attached hydrogen (secondary N) is 1. The number of nitrogens with zero attached hydrogens (tertiary/aromatic N) is 1. The van der Waals surface area contributed by atoms with Gasteiger partial charge < -0.3 is 5.32 Å². The monoisotopic (exact) mass is 284 g/mol. The molecular formula is C19H28N2. The topological polar surface area (TPSA) is 15.3 Å². The molecule has 3 rings (SSSR count). The second-order valence-electron chi connectivity index (χ2n) is 6.65. The van der Waals surface area contributed by atoms with Gasteiger partial charge in [-0.2, -0.15) is 0 Å². The summed E-state index contributed by atoms with van der Waals surface area (Å²) in [7, 11) is 0. The molecule has 2 nitrogen and oxygen atoms in total. The zero-order valence-electron chi connectivity index (χ0n) is 13.2. The van der Waals surface area contributed by atoms with Crippen LogP contribution >= 0.6 is 0 Å². The Balaban J connectivity index is 1.44. The largest absolute Gasteiger partial charge is 0.311 e. The average Bonchev–Trinajstić information content (AvgIpc) is 2.86. The Hall–Kier alpha value is -1.12. The molecule has 0 spiro atoms. The summed E-state index contributed by atoms with van der Waals surface area (Å²) in [5, 5.41) is 3.67. The van der Waals surface area contributed by atoms with E-state index >= 15 is 0 Å². The quantitative estimate of drug-likeness (QED) is 0.857. The van der Waals surface area contributed by atoms with Crippen LogP contribution in [-0.4, -0.2) is 36.6 Å². The van der Waals surface area contributed by atoms with Crippen LogP contribution in [0.4, 0.5) is 0 Å². The third-order valence-electron chi connectivity index (χ3n) is 4.96. The van der Waals surface area contributed by atoms with Gasteiger partial charge in [-0.05, 0) is 44.7 Å². The summed E-state index contributed by atoms with van der Waals surface area (Å²) < 4.78 is 0. The minimum absolute atomic E-state index is 0.778. The fourth-order valence-electron chi connectivity index (χ4n) is 3.60. The lowest BCUT2D eigenvalue weighted by Crippen LogP contribution is -2.47. The predicted octanol–water partition coefficient (Wildman–Crippen LogP) is 3.70. The maximum absolute atomic E-state index is 3.67. The zero-order chi connectivity index (χ0) is 14.5. The second-order valence-corrected chi connectivity index (χ2v) is 6.65. The third-order valence-corrected chi connectivity index (χ3v) is 4.96. The van der Waals surface area contributed by atoms with Crippen LogP contribution in [0.15, 0.2) is 35.9 Å². The molecule has 0 radical (unpaired) electrons. The van der Waals surface area contributed by atoms with E-state index < -0.39 is 0 Å². The molecule has 1 aliphatic carbocycles. The highest BCUT2D eigenvalue weighted by Gasteiger charge is 2.33. The van der Waals surface area contributed by atoms with Crippen molar-refractivity contribution >= 4 is 6.08 Å². The van der Waals surface area contributed by atoms with Crippen molar-refractivity contribution in [1.29, 1.82) is 0 Å². The van der Waals surface area contributed by atoms with E-state index in [0.717, 1.165) is 25.2 Å². The smallest absolute Gasteiger partial charge is 0.0224 e. The van der Waals surface area contributed by atoms with Crippen molar-refractivity contribution < 1.29 is 0 Å². The number of hydrogen-bond acceptors (Lipinski definition) is 2. The standard InChI is InChI=1S/C19H28N2/c1-16(13-17-7-3-2-4-8-17)14-20-15-19-11-6-12-21(19)18-9-5-10-18/h2-4,7-8,13,18-20H,5-6,9-12,14-15H2,1H3. The van der Waals surface area contributed by atoms with Crippen molar-refractivity contribution in [2.24, 2.45) is 0 Å². The highest BCUT2D eigenvalue weighted by Crippen LogP contribution is 2.30. The van der Waals surface area contributed by atoms with E-state index in [-0.39, 0.29) is 0 Å². The molecule has 2 aliphatic rings. The van der Waals surface area contributed by atoms with Gasteiger partial charge >= 0.3 is 0 Å². The molecule has 2 heteroatoms. The first-order valence-electron chi connectivity index (χ1n) is 8.51. The highest BCUT2D eigenvalue weighted by atomic mass is 15.2. The number of rotatable bonds is 6. The maximum Gasteiger partial charge on any atom is 0.0224 e. The summed E-state index contributed by atoms with van der Waals surface area (Å²) in [5.74, 6) is 0. The van der Waals surface area contributed by atoms with E-state index in [1.54, 1.807) is 0 Å². The van der Waals surface area contributed by atoms with Gasteiger partial charge in [0.1, 0.15) is 0 Å². The molecule has 1 N–H and O–H groups in total. The SMILES string of the molecule is CC(=Cc1ccccc1)CNCC1CCCN1C1CCC1. The van der Waals surface area contributed by atoms with Crippen molar-refractivity contribution in [1.82, 2.24) is 10.2 Å². The Morgan fingerprint density at radius 1 is 1.19 bits per heavy atom. The van der Waals surface area contributed by atoms with Gasteiger partial charge in [0.2, 0.25) is 0 Å². The van der Waals surface area contributed by atoms with Crippen molar-refractivity contribution in [3.05, 3.63) is 41.5 Å². The normalized spacial score (nSPS) is 24.2. The summed E-state index contributed by atoms with van der Waals surface area (Å²) >= 11 is 0. The molecule has 1 saturated carbocycles. The van der Waals surface area contributed by atoms with Crippen LogP contribution in [0.5, 0.6) is 0 Å². The van der Waals surface area contributed by atoms with Crippen molar-refractivity contribution in [3.63, 3.8) is 0 Å². The summed E-state index contributed by atoms with van der Waals surface area (Å²) in [4.78, 5) is 2.77.